The Morgan fingerprint density at radius 2 is 2.05 bits per heavy atom. The van der Waals surface area contributed by atoms with Crippen molar-refractivity contribution in [2.24, 2.45) is 0 Å². The molecule has 3 rings (SSSR count). The molecule has 0 unspecified atom stereocenters. The van der Waals surface area contributed by atoms with Crippen LogP contribution in [0.3, 0.4) is 0 Å². The van der Waals surface area contributed by atoms with Crippen molar-refractivity contribution in [2.45, 2.75) is 25.7 Å². The van der Waals surface area contributed by atoms with E-state index < -0.39 is 5.82 Å². The maximum absolute atomic E-state index is 14.3. The summed E-state index contributed by atoms with van der Waals surface area (Å²) in [6.45, 7) is 1.79. The van der Waals surface area contributed by atoms with Gasteiger partial charge < -0.3 is 5.73 Å². The first kappa shape index (κ1) is 13.8. The fourth-order valence-corrected chi connectivity index (χ4v) is 2.52. The van der Waals surface area contributed by atoms with Gasteiger partial charge in [0.1, 0.15) is 11.6 Å². The molecule has 6 heteroatoms. The van der Waals surface area contributed by atoms with E-state index in [4.69, 9.17) is 17.3 Å². The van der Waals surface area contributed by atoms with Gasteiger partial charge >= 0.3 is 0 Å². The molecule has 1 heterocycles. The van der Waals surface area contributed by atoms with Crippen LogP contribution >= 0.6 is 27.5 Å². The Kier molecular flexibility index (Phi) is 3.42. The lowest BCUT2D eigenvalue weighted by molar-refractivity contribution is 0.630. The monoisotopic (exact) mass is 355 g/mol. The Morgan fingerprint density at radius 1 is 1.35 bits per heavy atom. The minimum absolute atomic E-state index is 0.0482. The molecule has 0 bridgehead atoms. The van der Waals surface area contributed by atoms with Crippen LogP contribution < -0.4 is 5.73 Å². The summed E-state index contributed by atoms with van der Waals surface area (Å²) < 4.78 is 14.9. The predicted octanol–water partition coefficient (Wildman–Crippen LogP) is 4.47. The minimum Gasteiger partial charge on any atom is -0.383 e. The van der Waals surface area contributed by atoms with Crippen molar-refractivity contribution in [1.82, 2.24) is 9.97 Å². The Hall–Kier alpha value is -1.20. The Labute approximate surface area is 129 Å². The van der Waals surface area contributed by atoms with Crippen molar-refractivity contribution in [1.29, 1.82) is 0 Å². The Bertz CT molecular complexity index is 701. The molecule has 0 radical (unpaired) electrons. The fourth-order valence-electron chi connectivity index (χ4n) is 2.05. The molecule has 1 aromatic heterocycles. The highest BCUT2D eigenvalue weighted by Crippen LogP contribution is 2.40. The maximum Gasteiger partial charge on any atom is 0.152 e. The molecule has 1 aliphatic rings. The second-order valence-electron chi connectivity index (χ2n) is 4.94. The fraction of sp³-hybridized carbons (Fsp3) is 0.286. The number of halogens is 3. The van der Waals surface area contributed by atoms with Crippen LogP contribution in [0.25, 0.3) is 11.3 Å². The lowest BCUT2D eigenvalue weighted by atomic mass is 10.1. The van der Waals surface area contributed by atoms with E-state index in [1.54, 1.807) is 19.1 Å². The van der Waals surface area contributed by atoms with Gasteiger partial charge in [0.2, 0.25) is 0 Å². The van der Waals surface area contributed by atoms with Crippen molar-refractivity contribution in [2.75, 3.05) is 5.73 Å². The summed E-state index contributed by atoms with van der Waals surface area (Å²) in [4.78, 5) is 8.78. The molecule has 2 aromatic rings. The molecule has 2 N–H and O–H groups in total. The smallest absolute Gasteiger partial charge is 0.152 e. The van der Waals surface area contributed by atoms with Crippen LogP contribution in [0.15, 0.2) is 16.6 Å². The van der Waals surface area contributed by atoms with Crippen LogP contribution in [0.5, 0.6) is 0 Å². The number of nitrogens with zero attached hydrogens (tertiary/aromatic N) is 2. The van der Waals surface area contributed by atoms with E-state index in [-0.39, 0.29) is 5.02 Å². The summed E-state index contributed by atoms with van der Waals surface area (Å²) in [6.07, 6.45) is 2.12. The predicted molar refractivity (Wildman–Crippen MR) is 81.3 cm³/mol. The normalized spacial score (nSPS) is 14.6. The Balaban J connectivity index is 2.21. The van der Waals surface area contributed by atoms with Crippen molar-refractivity contribution < 1.29 is 4.39 Å². The molecule has 1 aliphatic carbocycles. The van der Waals surface area contributed by atoms with Gasteiger partial charge in [-0.1, -0.05) is 11.6 Å². The number of benzene rings is 1. The first-order valence-electron chi connectivity index (χ1n) is 6.27. The van der Waals surface area contributed by atoms with Crippen LogP contribution in [0, 0.1) is 12.7 Å². The van der Waals surface area contributed by atoms with E-state index in [2.05, 4.69) is 25.9 Å². The van der Waals surface area contributed by atoms with Gasteiger partial charge in [-0.2, -0.15) is 0 Å². The van der Waals surface area contributed by atoms with Crippen LogP contribution in [0.4, 0.5) is 10.2 Å². The molecule has 0 amide bonds. The average Bonchev–Trinajstić information content (AvgIpc) is 3.24. The third kappa shape index (κ3) is 2.29. The number of hydrogen-bond donors (Lipinski definition) is 1. The number of aromatic nitrogens is 2. The highest BCUT2D eigenvalue weighted by atomic mass is 79.9. The number of anilines is 1. The number of hydrogen-bond acceptors (Lipinski definition) is 3. The van der Waals surface area contributed by atoms with Gasteiger partial charge in [0, 0.05) is 21.5 Å². The van der Waals surface area contributed by atoms with Gasteiger partial charge in [-0.05, 0) is 47.8 Å². The lowest BCUT2D eigenvalue weighted by Gasteiger charge is -2.11. The largest absolute Gasteiger partial charge is 0.383 e. The van der Waals surface area contributed by atoms with E-state index in [1.165, 1.54) is 0 Å². The average molecular weight is 357 g/mol. The van der Waals surface area contributed by atoms with Gasteiger partial charge in [0.15, 0.2) is 5.82 Å². The summed E-state index contributed by atoms with van der Waals surface area (Å²) in [6, 6.07) is 3.35. The second kappa shape index (κ2) is 4.97. The number of nitrogen functional groups attached to an aromatic ring is 1. The molecule has 3 nitrogen and oxygen atoms in total. The van der Waals surface area contributed by atoms with Crippen LogP contribution in [0.1, 0.15) is 30.1 Å². The molecule has 0 saturated heterocycles. The van der Waals surface area contributed by atoms with E-state index in [1.807, 2.05) is 0 Å². The summed E-state index contributed by atoms with van der Waals surface area (Å²) in [5.74, 6) is 0.950. The molecule has 104 valence electrons. The molecule has 0 aliphatic heterocycles. The third-order valence-electron chi connectivity index (χ3n) is 3.43. The lowest BCUT2D eigenvalue weighted by Crippen LogP contribution is -2.05. The third-order valence-corrected chi connectivity index (χ3v) is 4.69. The minimum atomic E-state index is -0.496. The maximum atomic E-state index is 14.3. The SMILES string of the molecule is Cc1c(N)nc(C2CC2)nc1-c1ccc(Br)c(Cl)c1F. The van der Waals surface area contributed by atoms with Crippen molar-refractivity contribution in [3.8, 4) is 11.3 Å². The first-order chi connectivity index (χ1) is 9.49. The van der Waals surface area contributed by atoms with Crippen molar-refractivity contribution in [3.05, 3.63) is 38.8 Å². The quantitative estimate of drug-likeness (QED) is 0.808. The van der Waals surface area contributed by atoms with Gasteiger partial charge in [-0.15, -0.1) is 0 Å². The van der Waals surface area contributed by atoms with Crippen LogP contribution in [0.2, 0.25) is 5.02 Å². The van der Waals surface area contributed by atoms with Gasteiger partial charge in [0.05, 0.1) is 10.7 Å². The summed E-state index contributed by atoms with van der Waals surface area (Å²) >= 11 is 9.15. The standard InChI is InChI=1S/C14H12BrClFN3/c1-6-12(8-4-5-9(15)10(16)11(8)17)19-14(7-2-3-7)20-13(6)18/h4-5,7H,2-3H2,1H3,(H2,18,19,20). The molecular formula is C14H12BrClFN3. The molecule has 0 atom stereocenters. The first-order valence-corrected chi connectivity index (χ1v) is 7.44. The zero-order chi connectivity index (χ0) is 14.4. The van der Waals surface area contributed by atoms with E-state index in [0.29, 0.717) is 38.9 Å². The molecular weight excluding hydrogens is 345 g/mol. The molecule has 1 fully saturated rings. The van der Waals surface area contributed by atoms with E-state index in [9.17, 15) is 4.39 Å². The zero-order valence-electron chi connectivity index (χ0n) is 10.8. The van der Waals surface area contributed by atoms with Crippen LogP contribution in [-0.4, -0.2) is 9.97 Å². The number of rotatable bonds is 2. The van der Waals surface area contributed by atoms with Crippen molar-refractivity contribution in [3.63, 3.8) is 0 Å². The molecule has 20 heavy (non-hydrogen) atoms. The topological polar surface area (TPSA) is 51.8 Å². The van der Waals surface area contributed by atoms with Crippen molar-refractivity contribution >= 4 is 33.3 Å². The highest BCUT2D eigenvalue weighted by Gasteiger charge is 2.28. The van der Waals surface area contributed by atoms with Crippen LogP contribution in [-0.2, 0) is 0 Å². The highest BCUT2D eigenvalue weighted by molar-refractivity contribution is 9.10. The summed E-state index contributed by atoms with van der Waals surface area (Å²) in [7, 11) is 0. The zero-order valence-corrected chi connectivity index (χ0v) is 13.1. The molecule has 1 aromatic carbocycles. The van der Waals surface area contributed by atoms with Gasteiger partial charge in [-0.3, -0.25) is 0 Å². The number of nitrogens with two attached hydrogens (primary N) is 1. The van der Waals surface area contributed by atoms with E-state index >= 15 is 0 Å². The van der Waals surface area contributed by atoms with E-state index in [0.717, 1.165) is 12.8 Å². The van der Waals surface area contributed by atoms with Gasteiger partial charge in [-0.25, -0.2) is 14.4 Å². The summed E-state index contributed by atoms with van der Waals surface area (Å²) in [5.41, 5.74) is 7.47. The summed E-state index contributed by atoms with van der Waals surface area (Å²) in [5, 5.41) is 0.0482. The molecule has 1 saturated carbocycles. The Morgan fingerprint density at radius 3 is 2.70 bits per heavy atom. The molecule has 0 spiro atoms. The van der Waals surface area contributed by atoms with Gasteiger partial charge in [0.25, 0.3) is 0 Å². The second-order valence-corrected chi connectivity index (χ2v) is 6.17.